The van der Waals surface area contributed by atoms with Crippen molar-refractivity contribution in [2.75, 3.05) is 26.7 Å². The molecular formula is C16H25NO. The SMILES string of the molecule is CCC(CO)c1cccc(C2CCCN(C)C2)c1. The van der Waals surface area contributed by atoms with E-state index in [0.29, 0.717) is 11.8 Å². The summed E-state index contributed by atoms with van der Waals surface area (Å²) >= 11 is 0. The number of piperidine rings is 1. The summed E-state index contributed by atoms with van der Waals surface area (Å²) in [6.07, 6.45) is 3.59. The topological polar surface area (TPSA) is 23.5 Å². The summed E-state index contributed by atoms with van der Waals surface area (Å²) in [6, 6.07) is 8.86. The predicted octanol–water partition coefficient (Wildman–Crippen LogP) is 2.98. The fourth-order valence-corrected chi connectivity index (χ4v) is 2.98. The minimum Gasteiger partial charge on any atom is -0.396 e. The molecule has 2 rings (SSSR count). The van der Waals surface area contributed by atoms with Crippen LogP contribution in [-0.2, 0) is 0 Å². The first-order valence-corrected chi connectivity index (χ1v) is 7.13. The molecule has 0 saturated carbocycles. The summed E-state index contributed by atoms with van der Waals surface area (Å²) in [5.41, 5.74) is 2.75. The lowest BCUT2D eigenvalue weighted by Crippen LogP contribution is -2.30. The van der Waals surface area contributed by atoms with E-state index in [-0.39, 0.29) is 6.61 Å². The fraction of sp³-hybridized carbons (Fsp3) is 0.625. The first kappa shape index (κ1) is 13.6. The second-order valence-electron chi connectivity index (χ2n) is 5.56. The van der Waals surface area contributed by atoms with Crippen LogP contribution in [0, 0.1) is 0 Å². The van der Waals surface area contributed by atoms with Gasteiger partial charge in [0.1, 0.15) is 0 Å². The third-order valence-corrected chi connectivity index (χ3v) is 4.19. The van der Waals surface area contributed by atoms with E-state index in [1.165, 1.54) is 37.1 Å². The number of likely N-dealkylation sites (N-methyl/N-ethyl adjacent to an activating group) is 1. The standard InChI is InChI=1S/C16H25NO/c1-3-13(12-18)14-6-4-7-15(10-14)16-8-5-9-17(2)11-16/h4,6-7,10,13,16,18H,3,5,8-9,11-12H2,1-2H3. The second-order valence-corrected chi connectivity index (χ2v) is 5.56. The predicted molar refractivity (Wildman–Crippen MR) is 76.0 cm³/mol. The molecule has 1 fully saturated rings. The number of hydrogen-bond acceptors (Lipinski definition) is 2. The molecule has 1 aromatic carbocycles. The number of benzene rings is 1. The Kier molecular flexibility index (Phi) is 4.79. The number of aliphatic hydroxyl groups is 1. The lowest BCUT2D eigenvalue weighted by Gasteiger charge is -2.30. The van der Waals surface area contributed by atoms with Gasteiger partial charge in [-0.15, -0.1) is 0 Å². The summed E-state index contributed by atoms with van der Waals surface area (Å²) in [5, 5.41) is 9.41. The maximum Gasteiger partial charge on any atom is 0.0499 e. The van der Waals surface area contributed by atoms with Crippen LogP contribution < -0.4 is 0 Å². The second kappa shape index (κ2) is 6.35. The zero-order valence-corrected chi connectivity index (χ0v) is 11.6. The van der Waals surface area contributed by atoms with Crippen LogP contribution in [0.15, 0.2) is 24.3 Å². The molecule has 0 amide bonds. The molecule has 1 N–H and O–H groups in total. The van der Waals surface area contributed by atoms with Gasteiger partial charge in [0, 0.05) is 19.1 Å². The van der Waals surface area contributed by atoms with E-state index >= 15 is 0 Å². The minimum absolute atomic E-state index is 0.254. The lowest BCUT2D eigenvalue weighted by molar-refractivity contribution is 0.250. The summed E-state index contributed by atoms with van der Waals surface area (Å²) < 4.78 is 0. The molecule has 0 radical (unpaired) electrons. The van der Waals surface area contributed by atoms with E-state index in [9.17, 15) is 5.11 Å². The average molecular weight is 247 g/mol. The van der Waals surface area contributed by atoms with Crippen molar-refractivity contribution in [3.63, 3.8) is 0 Å². The number of rotatable bonds is 4. The molecule has 1 aliphatic heterocycles. The van der Waals surface area contributed by atoms with Gasteiger partial charge in [-0.3, -0.25) is 0 Å². The van der Waals surface area contributed by atoms with Crippen LogP contribution in [0.3, 0.4) is 0 Å². The van der Waals surface area contributed by atoms with Gasteiger partial charge >= 0.3 is 0 Å². The Morgan fingerprint density at radius 3 is 2.94 bits per heavy atom. The van der Waals surface area contributed by atoms with Crippen molar-refractivity contribution in [1.29, 1.82) is 0 Å². The van der Waals surface area contributed by atoms with Crippen LogP contribution in [0.25, 0.3) is 0 Å². The largest absolute Gasteiger partial charge is 0.396 e. The molecule has 2 atom stereocenters. The summed E-state index contributed by atoms with van der Waals surface area (Å²) in [4.78, 5) is 2.42. The maximum atomic E-state index is 9.41. The van der Waals surface area contributed by atoms with Crippen LogP contribution in [0.2, 0.25) is 0 Å². The minimum atomic E-state index is 0.254. The Morgan fingerprint density at radius 1 is 1.44 bits per heavy atom. The summed E-state index contributed by atoms with van der Waals surface area (Å²) in [7, 11) is 2.21. The first-order valence-electron chi connectivity index (χ1n) is 7.13. The van der Waals surface area contributed by atoms with Crippen molar-refractivity contribution >= 4 is 0 Å². The van der Waals surface area contributed by atoms with Crippen molar-refractivity contribution in [3.05, 3.63) is 35.4 Å². The molecule has 2 unspecified atom stereocenters. The third kappa shape index (κ3) is 3.12. The van der Waals surface area contributed by atoms with Gasteiger partial charge in [0.05, 0.1) is 0 Å². The van der Waals surface area contributed by atoms with E-state index in [4.69, 9.17) is 0 Å². The highest BCUT2D eigenvalue weighted by molar-refractivity contribution is 5.29. The molecule has 100 valence electrons. The number of hydrogen-bond donors (Lipinski definition) is 1. The Labute approximate surface area is 111 Å². The third-order valence-electron chi connectivity index (χ3n) is 4.19. The number of likely N-dealkylation sites (tertiary alicyclic amines) is 1. The molecule has 0 bridgehead atoms. The highest BCUT2D eigenvalue weighted by Gasteiger charge is 2.19. The van der Waals surface area contributed by atoms with Crippen LogP contribution >= 0.6 is 0 Å². The Bertz CT molecular complexity index is 373. The Balaban J connectivity index is 2.15. The molecule has 1 aromatic rings. The Morgan fingerprint density at radius 2 is 2.28 bits per heavy atom. The maximum absolute atomic E-state index is 9.41. The van der Waals surface area contributed by atoms with Crippen molar-refractivity contribution in [2.45, 2.75) is 38.0 Å². The van der Waals surface area contributed by atoms with Crippen LogP contribution in [0.5, 0.6) is 0 Å². The summed E-state index contributed by atoms with van der Waals surface area (Å²) in [6.45, 7) is 4.79. The van der Waals surface area contributed by atoms with Crippen LogP contribution in [0.4, 0.5) is 0 Å². The van der Waals surface area contributed by atoms with Crippen LogP contribution in [0.1, 0.15) is 49.1 Å². The van der Waals surface area contributed by atoms with Crippen LogP contribution in [-0.4, -0.2) is 36.8 Å². The molecule has 2 nitrogen and oxygen atoms in total. The molecule has 1 saturated heterocycles. The molecule has 1 heterocycles. The number of nitrogens with zero attached hydrogens (tertiary/aromatic N) is 1. The van der Waals surface area contributed by atoms with Gasteiger partial charge in [-0.25, -0.2) is 0 Å². The number of aliphatic hydroxyl groups excluding tert-OH is 1. The monoisotopic (exact) mass is 247 g/mol. The van der Waals surface area contributed by atoms with E-state index in [0.717, 1.165) is 6.42 Å². The van der Waals surface area contributed by atoms with E-state index in [1.54, 1.807) is 0 Å². The van der Waals surface area contributed by atoms with E-state index < -0.39 is 0 Å². The van der Waals surface area contributed by atoms with Gasteiger partial charge in [-0.1, -0.05) is 31.2 Å². The van der Waals surface area contributed by atoms with Gasteiger partial charge in [0.15, 0.2) is 0 Å². The molecule has 0 spiro atoms. The first-order chi connectivity index (χ1) is 8.74. The molecule has 0 aliphatic carbocycles. The molecule has 0 aromatic heterocycles. The van der Waals surface area contributed by atoms with Gasteiger partial charge in [-0.05, 0) is 49.9 Å². The van der Waals surface area contributed by atoms with E-state index in [2.05, 4.69) is 43.1 Å². The van der Waals surface area contributed by atoms with Gasteiger partial charge in [0.2, 0.25) is 0 Å². The lowest BCUT2D eigenvalue weighted by atomic mass is 9.87. The van der Waals surface area contributed by atoms with Gasteiger partial charge in [0.25, 0.3) is 0 Å². The highest BCUT2D eigenvalue weighted by atomic mass is 16.3. The summed E-state index contributed by atoms with van der Waals surface area (Å²) in [5.74, 6) is 0.964. The van der Waals surface area contributed by atoms with E-state index in [1.807, 2.05) is 0 Å². The zero-order valence-electron chi connectivity index (χ0n) is 11.6. The van der Waals surface area contributed by atoms with Crippen molar-refractivity contribution in [1.82, 2.24) is 4.90 Å². The van der Waals surface area contributed by atoms with Crippen molar-refractivity contribution < 1.29 is 5.11 Å². The fourth-order valence-electron chi connectivity index (χ4n) is 2.98. The van der Waals surface area contributed by atoms with Crippen molar-refractivity contribution in [3.8, 4) is 0 Å². The quantitative estimate of drug-likeness (QED) is 0.884. The normalized spacial score (nSPS) is 22.9. The highest BCUT2D eigenvalue weighted by Crippen LogP contribution is 2.29. The average Bonchev–Trinajstić information content (AvgIpc) is 2.41. The van der Waals surface area contributed by atoms with Gasteiger partial charge < -0.3 is 10.0 Å². The molecule has 18 heavy (non-hydrogen) atoms. The zero-order chi connectivity index (χ0) is 13.0. The Hall–Kier alpha value is -0.860. The van der Waals surface area contributed by atoms with Gasteiger partial charge in [-0.2, -0.15) is 0 Å². The molecular weight excluding hydrogens is 222 g/mol. The smallest absolute Gasteiger partial charge is 0.0499 e. The molecule has 1 aliphatic rings. The van der Waals surface area contributed by atoms with Crippen molar-refractivity contribution in [2.24, 2.45) is 0 Å². The molecule has 2 heteroatoms.